The van der Waals surface area contributed by atoms with Crippen LogP contribution in [-0.4, -0.2) is 29.0 Å². The SMILES string of the molecule is Cl.Fc1ccc(-n2nc(OC3CCNCC3)c3ccccc32)c(F)c1. The Morgan fingerprint density at radius 3 is 2.60 bits per heavy atom. The fourth-order valence-corrected chi connectivity index (χ4v) is 3.03. The van der Waals surface area contributed by atoms with Gasteiger partial charge in [0.15, 0.2) is 5.82 Å². The first-order valence-electron chi connectivity index (χ1n) is 8.03. The zero-order valence-electron chi connectivity index (χ0n) is 13.4. The molecule has 1 aliphatic rings. The maximum absolute atomic E-state index is 14.2. The predicted octanol–water partition coefficient (Wildman–Crippen LogP) is 3.86. The Morgan fingerprint density at radius 2 is 1.84 bits per heavy atom. The number of benzene rings is 2. The third-order valence-electron chi connectivity index (χ3n) is 4.26. The van der Waals surface area contributed by atoms with Crippen molar-refractivity contribution in [1.82, 2.24) is 15.1 Å². The normalized spacial score (nSPS) is 15.1. The molecule has 25 heavy (non-hydrogen) atoms. The highest BCUT2D eigenvalue weighted by molar-refractivity contribution is 5.86. The molecule has 7 heteroatoms. The van der Waals surface area contributed by atoms with Gasteiger partial charge in [0.05, 0.1) is 10.9 Å². The van der Waals surface area contributed by atoms with E-state index in [1.54, 1.807) is 0 Å². The highest BCUT2D eigenvalue weighted by Gasteiger charge is 2.20. The summed E-state index contributed by atoms with van der Waals surface area (Å²) in [5, 5.41) is 8.57. The van der Waals surface area contributed by atoms with E-state index in [0.717, 1.165) is 42.9 Å². The van der Waals surface area contributed by atoms with E-state index in [9.17, 15) is 8.78 Å². The number of hydrogen-bond donors (Lipinski definition) is 1. The van der Waals surface area contributed by atoms with Crippen LogP contribution >= 0.6 is 12.4 Å². The maximum Gasteiger partial charge on any atom is 0.241 e. The van der Waals surface area contributed by atoms with Crippen LogP contribution in [0.2, 0.25) is 0 Å². The van der Waals surface area contributed by atoms with Gasteiger partial charge in [-0.15, -0.1) is 17.5 Å². The number of nitrogens with one attached hydrogen (secondary N) is 1. The third kappa shape index (κ3) is 3.45. The standard InChI is InChI=1S/C18H17F2N3O.ClH/c19-12-5-6-17(15(20)11-12)23-16-4-2-1-3-14(16)18(22-23)24-13-7-9-21-10-8-13;/h1-6,11,13,21H,7-10H2;1H. The van der Waals surface area contributed by atoms with Crippen LogP contribution < -0.4 is 10.1 Å². The minimum atomic E-state index is -0.656. The summed E-state index contributed by atoms with van der Waals surface area (Å²) in [6.07, 6.45) is 1.91. The summed E-state index contributed by atoms with van der Waals surface area (Å²) < 4.78 is 34.9. The molecule has 0 bridgehead atoms. The van der Waals surface area contributed by atoms with Crippen molar-refractivity contribution in [3.8, 4) is 11.6 Å². The molecular formula is C18H18ClF2N3O. The van der Waals surface area contributed by atoms with Gasteiger partial charge in [-0.25, -0.2) is 13.5 Å². The van der Waals surface area contributed by atoms with Crippen LogP contribution in [0.3, 0.4) is 0 Å². The summed E-state index contributed by atoms with van der Waals surface area (Å²) in [5.41, 5.74) is 0.930. The number of hydrogen-bond acceptors (Lipinski definition) is 3. The second-order valence-electron chi connectivity index (χ2n) is 5.90. The van der Waals surface area contributed by atoms with Gasteiger partial charge in [0.1, 0.15) is 17.6 Å². The zero-order chi connectivity index (χ0) is 16.5. The van der Waals surface area contributed by atoms with Crippen LogP contribution in [0.15, 0.2) is 42.5 Å². The first-order chi connectivity index (χ1) is 11.7. The quantitative estimate of drug-likeness (QED) is 0.766. The highest BCUT2D eigenvalue weighted by Crippen LogP contribution is 2.30. The molecule has 0 unspecified atom stereocenters. The number of para-hydroxylation sites is 1. The molecule has 0 amide bonds. The third-order valence-corrected chi connectivity index (χ3v) is 4.26. The minimum Gasteiger partial charge on any atom is -0.473 e. The maximum atomic E-state index is 14.2. The molecule has 3 aromatic rings. The Labute approximate surface area is 150 Å². The summed E-state index contributed by atoms with van der Waals surface area (Å²) in [6, 6.07) is 11.0. The van der Waals surface area contributed by atoms with Gasteiger partial charge >= 0.3 is 0 Å². The molecule has 0 saturated carbocycles. The summed E-state index contributed by atoms with van der Waals surface area (Å²) in [6.45, 7) is 1.83. The Balaban J connectivity index is 0.00000182. The summed E-state index contributed by atoms with van der Waals surface area (Å²) in [4.78, 5) is 0. The van der Waals surface area contributed by atoms with Crippen molar-refractivity contribution in [1.29, 1.82) is 0 Å². The van der Waals surface area contributed by atoms with Gasteiger partial charge in [0.2, 0.25) is 5.88 Å². The lowest BCUT2D eigenvalue weighted by atomic mass is 10.1. The molecule has 0 spiro atoms. The van der Waals surface area contributed by atoms with E-state index >= 15 is 0 Å². The molecule has 4 rings (SSSR count). The molecule has 1 fully saturated rings. The van der Waals surface area contributed by atoms with Gasteiger partial charge in [0.25, 0.3) is 0 Å². The lowest BCUT2D eigenvalue weighted by Crippen LogP contribution is -2.34. The van der Waals surface area contributed by atoms with Gasteiger partial charge in [-0.1, -0.05) is 12.1 Å². The predicted molar refractivity (Wildman–Crippen MR) is 94.8 cm³/mol. The van der Waals surface area contributed by atoms with Crippen molar-refractivity contribution in [3.05, 3.63) is 54.1 Å². The average Bonchev–Trinajstić information content (AvgIpc) is 2.95. The lowest BCUT2D eigenvalue weighted by Gasteiger charge is -2.22. The molecule has 4 nitrogen and oxygen atoms in total. The second-order valence-corrected chi connectivity index (χ2v) is 5.90. The second kappa shape index (κ2) is 7.37. The number of halogens is 3. The fraction of sp³-hybridized carbons (Fsp3) is 0.278. The van der Waals surface area contributed by atoms with Crippen molar-refractivity contribution < 1.29 is 13.5 Å². The van der Waals surface area contributed by atoms with E-state index in [-0.39, 0.29) is 24.2 Å². The van der Waals surface area contributed by atoms with Crippen molar-refractivity contribution in [2.75, 3.05) is 13.1 Å². The molecule has 132 valence electrons. The number of piperidine rings is 1. The van der Waals surface area contributed by atoms with Crippen molar-refractivity contribution in [2.24, 2.45) is 0 Å². The van der Waals surface area contributed by atoms with E-state index in [1.165, 1.54) is 16.8 Å². The lowest BCUT2D eigenvalue weighted by molar-refractivity contribution is 0.157. The molecule has 0 aliphatic carbocycles. The zero-order valence-corrected chi connectivity index (χ0v) is 14.2. The first kappa shape index (κ1) is 17.6. The van der Waals surface area contributed by atoms with Crippen molar-refractivity contribution in [2.45, 2.75) is 18.9 Å². The number of nitrogens with zero attached hydrogens (tertiary/aromatic N) is 2. The monoisotopic (exact) mass is 365 g/mol. The first-order valence-corrected chi connectivity index (χ1v) is 8.03. The minimum absolute atomic E-state index is 0. The molecule has 0 atom stereocenters. The van der Waals surface area contributed by atoms with Crippen molar-refractivity contribution >= 4 is 23.3 Å². The summed E-state index contributed by atoms with van der Waals surface area (Å²) in [5.74, 6) is -0.781. The Kier molecular flexibility index (Phi) is 5.20. The molecule has 1 saturated heterocycles. The molecule has 0 radical (unpaired) electrons. The molecular weight excluding hydrogens is 348 g/mol. The Morgan fingerprint density at radius 1 is 1.08 bits per heavy atom. The number of ether oxygens (including phenoxy) is 1. The molecule has 1 aromatic heterocycles. The number of rotatable bonds is 3. The fourth-order valence-electron chi connectivity index (χ4n) is 3.03. The van der Waals surface area contributed by atoms with E-state index in [2.05, 4.69) is 10.4 Å². The van der Waals surface area contributed by atoms with Crippen LogP contribution in [0.4, 0.5) is 8.78 Å². The number of fused-ring (bicyclic) bond motifs is 1. The van der Waals surface area contributed by atoms with Crippen LogP contribution in [0.5, 0.6) is 5.88 Å². The van der Waals surface area contributed by atoms with Crippen LogP contribution in [-0.2, 0) is 0 Å². The summed E-state index contributed by atoms with van der Waals surface area (Å²) >= 11 is 0. The molecule has 2 heterocycles. The van der Waals surface area contributed by atoms with Gasteiger partial charge in [0, 0.05) is 6.07 Å². The van der Waals surface area contributed by atoms with E-state index in [0.29, 0.717) is 5.88 Å². The highest BCUT2D eigenvalue weighted by atomic mass is 35.5. The van der Waals surface area contributed by atoms with E-state index < -0.39 is 11.6 Å². The van der Waals surface area contributed by atoms with Crippen LogP contribution in [0.1, 0.15) is 12.8 Å². The molecule has 1 N–H and O–H groups in total. The van der Waals surface area contributed by atoms with Gasteiger partial charge in [-0.05, 0) is 50.2 Å². The number of aromatic nitrogens is 2. The van der Waals surface area contributed by atoms with Crippen molar-refractivity contribution in [3.63, 3.8) is 0 Å². The van der Waals surface area contributed by atoms with Gasteiger partial charge in [-0.2, -0.15) is 0 Å². The van der Waals surface area contributed by atoms with Crippen LogP contribution in [0.25, 0.3) is 16.6 Å². The van der Waals surface area contributed by atoms with E-state index in [1.807, 2.05) is 24.3 Å². The largest absolute Gasteiger partial charge is 0.473 e. The summed E-state index contributed by atoms with van der Waals surface area (Å²) in [7, 11) is 0. The van der Waals surface area contributed by atoms with Crippen LogP contribution in [0, 0.1) is 11.6 Å². The Hall–Kier alpha value is -2.18. The molecule has 2 aromatic carbocycles. The molecule has 1 aliphatic heterocycles. The Bertz CT molecular complexity index is 878. The van der Waals surface area contributed by atoms with E-state index in [4.69, 9.17) is 4.74 Å². The van der Waals surface area contributed by atoms with Gasteiger partial charge < -0.3 is 10.1 Å². The van der Waals surface area contributed by atoms with Gasteiger partial charge in [-0.3, -0.25) is 0 Å². The topological polar surface area (TPSA) is 39.1 Å². The smallest absolute Gasteiger partial charge is 0.241 e. The average molecular weight is 366 g/mol.